The standard InChI is InChI=1S/C18H26N4O.ClH/c1-3-18(4-2,14-19)21-17(23)11-10-15-12-20-22(13-15)16-8-6-5-7-9-16;/h5-9,12-13H,3-4,10-11,14,19H2,1-2H3,(H,21,23);1H. The van der Waals surface area contributed by atoms with Crippen LogP contribution in [0.5, 0.6) is 0 Å². The van der Waals surface area contributed by atoms with Crippen molar-refractivity contribution in [3.63, 3.8) is 0 Å². The smallest absolute Gasteiger partial charge is 0.220 e. The van der Waals surface area contributed by atoms with E-state index in [1.165, 1.54) is 0 Å². The third-order valence-electron chi connectivity index (χ3n) is 4.45. The zero-order valence-corrected chi connectivity index (χ0v) is 15.2. The van der Waals surface area contributed by atoms with E-state index in [0.717, 1.165) is 24.1 Å². The molecule has 1 aromatic carbocycles. The van der Waals surface area contributed by atoms with Gasteiger partial charge < -0.3 is 11.1 Å². The van der Waals surface area contributed by atoms with E-state index in [4.69, 9.17) is 5.73 Å². The number of para-hydroxylation sites is 1. The molecule has 2 rings (SSSR count). The molecule has 24 heavy (non-hydrogen) atoms. The van der Waals surface area contributed by atoms with Crippen molar-refractivity contribution in [3.05, 3.63) is 48.3 Å². The maximum Gasteiger partial charge on any atom is 0.220 e. The van der Waals surface area contributed by atoms with Gasteiger partial charge in [-0.3, -0.25) is 4.79 Å². The topological polar surface area (TPSA) is 72.9 Å². The molecule has 0 saturated heterocycles. The summed E-state index contributed by atoms with van der Waals surface area (Å²) in [4.78, 5) is 12.2. The van der Waals surface area contributed by atoms with Gasteiger partial charge in [0.2, 0.25) is 5.91 Å². The highest BCUT2D eigenvalue weighted by atomic mass is 35.5. The average molecular weight is 351 g/mol. The first kappa shape index (κ1) is 20.2. The number of benzene rings is 1. The largest absolute Gasteiger partial charge is 0.349 e. The Balaban J connectivity index is 0.00000288. The lowest BCUT2D eigenvalue weighted by atomic mass is 9.92. The second-order valence-electron chi connectivity index (χ2n) is 5.87. The molecule has 1 heterocycles. The number of carbonyl (C=O) groups excluding carboxylic acids is 1. The third kappa shape index (κ3) is 5.08. The van der Waals surface area contributed by atoms with Gasteiger partial charge in [-0.15, -0.1) is 12.4 Å². The zero-order valence-electron chi connectivity index (χ0n) is 14.4. The Bertz CT molecular complexity index is 615. The number of rotatable bonds is 8. The first-order valence-electron chi connectivity index (χ1n) is 8.22. The van der Waals surface area contributed by atoms with Gasteiger partial charge in [0.15, 0.2) is 0 Å². The maximum atomic E-state index is 12.2. The van der Waals surface area contributed by atoms with E-state index in [-0.39, 0.29) is 23.9 Å². The van der Waals surface area contributed by atoms with Crippen molar-refractivity contribution in [2.45, 2.75) is 45.1 Å². The quantitative estimate of drug-likeness (QED) is 0.768. The number of amides is 1. The molecule has 132 valence electrons. The van der Waals surface area contributed by atoms with Crippen LogP contribution in [0.25, 0.3) is 5.69 Å². The molecule has 0 fully saturated rings. The van der Waals surface area contributed by atoms with Crippen LogP contribution < -0.4 is 11.1 Å². The fraction of sp³-hybridized carbons (Fsp3) is 0.444. The molecule has 0 unspecified atom stereocenters. The van der Waals surface area contributed by atoms with Gasteiger partial charge in [-0.2, -0.15) is 5.10 Å². The van der Waals surface area contributed by atoms with Crippen LogP contribution in [-0.2, 0) is 11.2 Å². The van der Waals surface area contributed by atoms with Gasteiger partial charge in [-0.05, 0) is 37.0 Å². The molecular weight excluding hydrogens is 324 g/mol. The van der Waals surface area contributed by atoms with Crippen molar-refractivity contribution >= 4 is 18.3 Å². The fourth-order valence-corrected chi connectivity index (χ4v) is 2.59. The molecule has 1 amide bonds. The van der Waals surface area contributed by atoms with Gasteiger partial charge in [-0.25, -0.2) is 4.68 Å². The SMILES string of the molecule is CCC(CC)(CN)NC(=O)CCc1cnn(-c2ccccc2)c1.Cl. The summed E-state index contributed by atoms with van der Waals surface area (Å²) in [6.45, 7) is 4.58. The molecule has 0 aliphatic carbocycles. The summed E-state index contributed by atoms with van der Waals surface area (Å²) in [5.41, 5.74) is 7.62. The highest BCUT2D eigenvalue weighted by Gasteiger charge is 2.25. The molecule has 0 atom stereocenters. The number of hydrogen-bond donors (Lipinski definition) is 2. The molecule has 0 spiro atoms. The number of nitrogens with one attached hydrogen (secondary N) is 1. The van der Waals surface area contributed by atoms with Crippen LogP contribution in [0.2, 0.25) is 0 Å². The minimum Gasteiger partial charge on any atom is -0.349 e. The molecule has 0 aliphatic heterocycles. The van der Waals surface area contributed by atoms with Crippen LogP contribution in [0.15, 0.2) is 42.7 Å². The van der Waals surface area contributed by atoms with E-state index >= 15 is 0 Å². The third-order valence-corrected chi connectivity index (χ3v) is 4.45. The van der Waals surface area contributed by atoms with E-state index in [9.17, 15) is 4.79 Å². The van der Waals surface area contributed by atoms with Crippen molar-refractivity contribution < 1.29 is 4.79 Å². The number of aromatic nitrogens is 2. The number of nitrogens with zero attached hydrogens (tertiary/aromatic N) is 2. The first-order chi connectivity index (χ1) is 11.1. The number of carbonyl (C=O) groups is 1. The Labute approximate surface area is 150 Å². The van der Waals surface area contributed by atoms with Gasteiger partial charge in [0, 0.05) is 19.2 Å². The normalized spacial score (nSPS) is 11.0. The predicted molar refractivity (Wildman–Crippen MR) is 99.6 cm³/mol. The summed E-state index contributed by atoms with van der Waals surface area (Å²) in [5, 5.41) is 7.45. The lowest BCUT2D eigenvalue weighted by Crippen LogP contribution is -2.52. The highest BCUT2D eigenvalue weighted by Crippen LogP contribution is 2.14. The molecule has 0 aliphatic rings. The molecular formula is C18H27ClN4O. The van der Waals surface area contributed by atoms with Crippen LogP contribution in [0, 0.1) is 0 Å². The Morgan fingerprint density at radius 2 is 1.92 bits per heavy atom. The van der Waals surface area contributed by atoms with Crippen LogP contribution >= 0.6 is 12.4 Å². The predicted octanol–water partition coefficient (Wildman–Crippen LogP) is 2.86. The lowest BCUT2D eigenvalue weighted by Gasteiger charge is -2.31. The van der Waals surface area contributed by atoms with Crippen molar-refractivity contribution in [1.82, 2.24) is 15.1 Å². The summed E-state index contributed by atoms with van der Waals surface area (Å²) in [6, 6.07) is 9.94. The Morgan fingerprint density at radius 3 is 2.50 bits per heavy atom. The number of nitrogens with two attached hydrogens (primary N) is 1. The number of aryl methyl sites for hydroxylation is 1. The molecule has 0 radical (unpaired) electrons. The van der Waals surface area contributed by atoms with Crippen LogP contribution in [-0.4, -0.2) is 27.8 Å². The summed E-state index contributed by atoms with van der Waals surface area (Å²) >= 11 is 0. The fourth-order valence-electron chi connectivity index (χ4n) is 2.59. The lowest BCUT2D eigenvalue weighted by molar-refractivity contribution is -0.123. The molecule has 1 aromatic heterocycles. The van der Waals surface area contributed by atoms with Gasteiger partial charge in [0.25, 0.3) is 0 Å². The van der Waals surface area contributed by atoms with Gasteiger partial charge in [-0.1, -0.05) is 32.0 Å². The summed E-state index contributed by atoms with van der Waals surface area (Å²) in [7, 11) is 0. The second-order valence-corrected chi connectivity index (χ2v) is 5.87. The summed E-state index contributed by atoms with van der Waals surface area (Å²) in [5.74, 6) is 0.0478. The molecule has 0 bridgehead atoms. The minimum atomic E-state index is -0.273. The summed E-state index contributed by atoms with van der Waals surface area (Å²) in [6.07, 6.45) is 6.60. The van der Waals surface area contributed by atoms with E-state index in [1.807, 2.05) is 47.4 Å². The number of hydrogen-bond acceptors (Lipinski definition) is 3. The monoisotopic (exact) mass is 350 g/mol. The summed E-state index contributed by atoms with van der Waals surface area (Å²) < 4.78 is 1.83. The maximum absolute atomic E-state index is 12.2. The van der Waals surface area contributed by atoms with E-state index in [2.05, 4.69) is 24.3 Å². The molecule has 0 saturated carbocycles. The molecule has 2 aromatic rings. The van der Waals surface area contributed by atoms with Crippen molar-refractivity contribution in [1.29, 1.82) is 0 Å². The van der Waals surface area contributed by atoms with E-state index in [1.54, 1.807) is 0 Å². The molecule has 6 heteroatoms. The van der Waals surface area contributed by atoms with E-state index in [0.29, 0.717) is 19.4 Å². The van der Waals surface area contributed by atoms with Crippen molar-refractivity contribution in [2.24, 2.45) is 5.73 Å². The number of halogens is 1. The second kappa shape index (κ2) is 9.45. The van der Waals surface area contributed by atoms with Crippen LogP contribution in [0.4, 0.5) is 0 Å². The van der Waals surface area contributed by atoms with Gasteiger partial charge in [0.05, 0.1) is 17.4 Å². The first-order valence-corrected chi connectivity index (χ1v) is 8.22. The Kier molecular flexibility index (Phi) is 7.95. The minimum absolute atomic E-state index is 0. The van der Waals surface area contributed by atoms with Crippen LogP contribution in [0.3, 0.4) is 0 Å². The Hall–Kier alpha value is -1.85. The van der Waals surface area contributed by atoms with Crippen molar-refractivity contribution in [3.8, 4) is 5.69 Å². The van der Waals surface area contributed by atoms with E-state index < -0.39 is 0 Å². The van der Waals surface area contributed by atoms with Crippen LogP contribution in [0.1, 0.15) is 38.7 Å². The van der Waals surface area contributed by atoms with Crippen molar-refractivity contribution in [2.75, 3.05) is 6.54 Å². The molecule has 5 nitrogen and oxygen atoms in total. The van der Waals surface area contributed by atoms with Gasteiger partial charge >= 0.3 is 0 Å². The molecule has 3 N–H and O–H groups in total. The average Bonchev–Trinajstić information content (AvgIpc) is 3.08. The Morgan fingerprint density at radius 1 is 1.25 bits per heavy atom. The zero-order chi connectivity index (χ0) is 16.7. The van der Waals surface area contributed by atoms with Gasteiger partial charge in [0.1, 0.15) is 0 Å². The highest BCUT2D eigenvalue weighted by molar-refractivity contribution is 5.85.